The van der Waals surface area contributed by atoms with Gasteiger partial charge in [0.05, 0.1) is 63.3 Å². The number of benzene rings is 2. The summed E-state index contributed by atoms with van der Waals surface area (Å²) in [6.07, 6.45) is -2.27. The van der Waals surface area contributed by atoms with E-state index in [1.165, 1.54) is 36.4 Å². The van der Waals surface area contributed by atoms with E-state index in [0.29, 0.717) is 96.8 Å². The molecule has 25 heteroatoms. The Hall–Kier alpha value is -6.80. The maximum Gasteiger partial charge on any atom is 0.573 e. The number of carbonyl (C=O) groups excluding carboxylic acids is 1. The summed E-state index contributed by atoms with van der Waals surface area (Å²) in [6, 6.07) is 18.9. The van der Waals surface area contributed by atoms with E-state index in [1.54, 1.807) is 33.6 Å². The lowest BCUT2D eigenvalue weighted by Gasteiger charge is -2.34. The van der Waals surface area contributed by atoms with Crippen molar-refractivity contribution in [2.45, 2.75) is 53.3 Å². The van der Waals surface area contributed by atoms with E-state index in [2.05, 4.69) is 50.5 Å². The van der Waals surface area contributed by atoms with Gasteiger partial charge in [0.15, 0.2) is 11.3 Å². The van der Waals surface area contributed by atoms with Crippen molar-refractivity contribution in [2.24, 2.45) is 11.8 Å². The van der Waals surface area contributed by atoms with Crippen molar-refractivity contribution in [3.05, 3.63) is 85.2 Å². The summed E-state index contributed by atoms with van der Waals surface area (Å²) < 4.78 is 97.1. The number of anilines is 2. The quantitative estimate of drug-likeness (QED) is 0.0775. The highest BCUT2D eigenvalue weighted by Gasteiger charge is 2.32. The van der Waals surface area contributed by atoms with Gasteiger partial charge in [-0.1, -0.05) is 39.1 Å². The second kappa shape index (κ2) is 28.0. The number of rotatable bonds is 14. The predicted molar refractivity (Wildman–Crippen MR) is 278 cm³/mol. The number of carbonyl (C=O) groups is 2. The van der Waals surface area contributed by atoms with Gasteiger partial charge < -0.3 is 44.9 Å². The first kappa shape index (κ1) is 59.4. The second-order valence-electron chi connectivity index (χ2n) is 18.4. The van der Waals surface area contributed by atoms with Gasteiger partial charge in [-0.25, -0.2) is 19.0 Å². The molecule has 0 bridgehead atoms. The van der Waals surface area contributed by atoms with Crippen molar-refractivity contribution in [1.29, 1.82) is 0 Å². The van der Waals surface area contributed by atoms with Gasteiger partial charge in [0, 0.05) is 63.5 Å². The molecule has 4 saturated heterocycles. The molecule has 0 radical (unpaired) electrons. The first-order chi connectivity index (χ1) is 36.1. The Kier molecular flexibility index (Phi) is 21.6. The molecule has 0 spiro atoms. The molecular formula is C52H68F6N12O7. The number of alkyl halides is 6. The molecule has 10 rings (SSSR count). The van der Waals surface area contributed by atoms with E-state index in [9.17, 15) is 35.9 Å². The van der Waals surface area contributed by atoms with Crippen LogP contribution < -0.4 is 25.4 Å². The zero-order valence-corrected chi connectivity index (χ0v) is 41.1. The molecule has 1 amide bonds. The van der Waals surface area contributed by atoms with E-state index in [1.807, 2.05) is 34.1 Å². The monoisotopic (exact) mass is 1090 g/mol. The molecule has 19 nitrogen and oxygen atoms in total. The topological polar surface area (TPSA) is 197 Å². The molecule has 0 saturated carbocycles. The van der Waals surface area contributed by atoms with Crippen molar-refractivity contribution >= 4 is 34.8 Å². The number of ether oxygens (including phenoxy) is 4. The fourth-order valence-electron chi connectivity index (χ4n) is 9.01. The number of morpholine rings is 2. The summed E-state index contributed by atoms with van der Waals surface area (Å²) in [5, 5.41) is 27.6. The number of carboxylic acids is 1. The summed E-state index contributed by atoms with van der Waals surface area (Å²) in [6.45, 7) is 11.4. The lowest BCUT2D eigenvalue weighted by atomic mass is 9.96. The molecule has 4 aliphatic heterocycles. The Morgan fingerprint density at radius 1 is 0.623 bits per heavy atom. The molecule has 4 aromatic heterocycles. The van der Waals surface area contributed by atoms with Crippen LogP contribution in [0.4, 0.5) is 38.0 Å². The highest BCUT2D eigenvalue weighted by molar-refractivity contribution is 5.78. The molecule has 8 heterocycles. The highest BCUT2D eigenvalue weighted by Crippen LogP contribution is 2.31. The normalized spacial score (nSPS) is 16.9. The van der Waals surface area contributed by atoms with E-state index in [0.717, 1.165) is 84.6 Å². The minimum atomic E-state index is -4.76. The third-order valence-electron chi connectivity index (χ3n) is 12.9. The van der Waals surface area contributed by atoms with Crippen LogP contribution in [0, 0.1) is 11.8 Å². The Bertz CT molecular complexity index is 2790. The molecule has 4 fully saturated rings. The first-order valence-corrected chi connectivity index (χ1v) is 24.8. The number of hydrogen-bond donors (Lipinski definition) is 4. The van der Waals surface area contributed by atoms with E-state index in [4.69, 9.17) is 14.6 Å². The molecule has 77 heavy (non-hydrogen) atoms. The number of nitrogens with zero attached hydrogens (tertiary/aromatic N) is 9. The Morgan fingerprint density at radius 2 is 1.06 bits per heavy atom. The summed E-state index contributed by atoms with van der Waals surface area (Å²) in [4.78, 5) is 37.4. The van der Waals surface area contributed by atoms with Crippen molar-refractivity contribution in [1.82, 2.24) is 49.2 Å². The van der Waals surface area contributed by atoms with Crippen LogP contribution >= 0.6 is 0 Å². The summed E-state index contributed by atoms with van der Waals surface area (Å²) >= 11 is 0. The van der Waals surface area contributed by atoms with Gasteiger partial charge in [-0.2, -0.15) is 0 Å². The third kappa shape index (κ3) is 18.2. The number of aromatic nitrogens is 6. The van der Waals surface area contributed by atoms with Crippen LogP contribution in [0.5, 0.6) is 11.5 Å². The van der Waals surface area contributed by atoms with Gasteiger partial charge in [0.2, 0.25) is 5.91 Å². The number of nitrogens with one attached hydrogen (secondary N) is 3. The minimum Gasteiger partial charge on any atom is -0.480 e. The van der Waals surface area contributed by atoms with Crippen LogP contribution in [0.25, 0.3) is 33.8 Å². The van der Waals surface area contributed by atoms with Gasteiger partial charge in [0.25, 0.3) is 0 Å². The van der Waals surface area contributed by atoms with Crippen molar-refractivity contribution < 1.29 is 60.0 Å². The van der Waals surface area contributed by atoms with E-state index < -0.39 is 18.7 Å². The fourth-order valence-corrected chi connectivity index (χ4v) is 9.01. The van der Waals surface area contributed by atoms with Crippen LogP contribution in [-0.4, -0.2) is 179 Å². The largest absolute Gasteiger partial charge is 0.573 e. The van der Waals surface area contributed by atoms with Gasteiger partial charge in [-0.15, -0.1) is 36.5 Å². The molecular weight excluding hydrogens is 1020 g/mol. The van der Waals surface area contributed by atoms with E-state index in [-0.39, 0.29) is 38.8 Å². The number of piperidine rings is 2. The number of halogens is 6. The zero-order chi connectivity index (χ0) is 52.8. The second-order valence-corrected chi connectivity index (χ2v) is 18.4. The number of imidazole rings is 2. The number of fused-ring (bicyclic) bond motifs is 2. The molecule has 4 aliphatic rings. The first-order valence-electron chi connectivity index (χ1n) is 24.8. The summed E-state index contributed by atoms with van der Waals surface area (Å²) in [5.41, 5.74) is 3.39. The number of likely N-dealkylation sites (tertiary alicyclic amines) is 1. The maximum atomic E-state index is 12.6. The van der Waals surface area contributed by atoms with Gasteiger partial charge in [-0.3, -0.25) is 19.4 Å². The number of amides is 1. The molecule has 4 N–H and O–H groups in total. The number of hydrogen-bond acceptors (Lipinski definition) is 15. The highest BCUT2D eigenvalue weighted by atomic mass is 19.4. The van der Waals surface area contributed by atoms with Crippen LogP contribution in [0.2, 0.25) is 0 Å². The lowest BCUT2D eigenvalue weighted by molar-refractivity contribution is -0.275. The number of aliphatic carboxylic acids is 1. The van der Waals surface area contributed by atoms with E-state index >= 15 is 0 Å². The molecule has 2 aromatic carbocycles. The summed E-state index contributed by atoms with van der Waals surface area (Å²) in [5.74, 6) is 1.18. The molecule has 0 aliphatic carbocycles. The van der Waals surface area contributed by atoms with Crippen LogP contribution in [0.15, 0.2) is 85.2 Å². The van der Waals surface area contributed by atoms with Crippen LogP contribution in [0.3, 0.4) is 0 Å². The smallest absolute Gasteiger partial charge is 0.480 e. The van der Waals surface area contributed by atoms with Crippen LogP contribution in [-0.2, 0) is 19.1 Å². The number of carboxylic acid groups (broad SMARTS) is 1. The summed E-state index contributed by atoms with van der Waals surface area (Å²) in [7, 11) is 0. The molecule has 6 aromatic rings. The Morgan fingerprint density at radius 3 is 1.51 bits per heavy atom. The standard InChI is InChI=1S/C25H29F3N6O3.C19H20F3N5O.C6H11NO3.2CH4/c26-25(27,28)37-20-3-1-2-19(14-20)21-16-30-23-5-4-22(31-34(21)23)29-15-18-6-8-33(9-7-18)24(35)17-32-10-12-36-13-11-32;20-19(21,22)28-15-3-1-2-14(10-15)16-12-25-18-5-4-17(26-27(16)18)24-11-13-6-8-23-9-7-13;8-6(9)5-7-1-3-10-4-2-7;;/h1-5,14,16,18H,6-13,15,17H2,(H,29,31);1-5,10,12-13,23H,6-9,11H2,(H,24,26);1-5H2,(H,8,9);2*1H4. The molecule has 0 unspecified atom stereocenters. The van der Waals surface area contributed by atoms with Gasteiger partial charge in [0.1, 0.15) is 23.1 Å². The van der Waals surface area contributed by atoms with Gasteiger partial charge >= 0.3 is 18.7 Å². The van der Waals surface area contributed by atoms with Crippen molar-refractivity contribution in [3.63, 3.8) is 0 Å². The maximum absolute atomic E-state index is 12.6. The average Bonchev–Trinajstić information content (AvgIpc) is 4.04. The minimum absolute atomic E-state index is 0. The van der Waals surface area contributed by atoms with Gasteiger partial charge in [-0.05, 0) is 99.1 Å². The van der Waals surface area contributed by atoms with Crippen LogP contribution in [0.1, 0.15) is 40.5 Å². The third-order valence-corrected chi connectivity index (χ3v) is 12.9. The lowest BCUT2D eigenvalue weighted by Crippen LogP contribution is -2.47. The Balaban J connectivity index is 0.000000212. The zero-order valence-electron chi connectivity index (χ0n) is 41.1. The fraction of sp³-hybridized carbons (Fsp3) is 0.500. The average molecular weight is 1090 g/mol. The van der Waals surface area contributed by atoms with Crippen molar-refractivity contribution in [2.75, 3.05) is 116 Å². The molecule has 0 atom stereocenters. The van der Waals surface area contributed by atoms with Crippen molar-refractivity contribution in [3.8, 4) is 34.0 Å². The Labute approximate surface area is 442 Å². The predicted octanol–water partition coefficient (Wildman–Crippen LogP) is 7.66. The SMILES string of the molecule is C.C.FC(F)(F)Oc1cccc(-c2cnc3ccc(NCC4CCNCC4)nn23)c1.O=C(CN1CCOCC1)N1CCC(CNc2ccc3ncc(-c4cccc(OC(F)(F)F)c4)n3n2)CC1.O=C(O)CN1CCOCC1. The molecule has 420 valence electrons.